The normalized spacial score (nSPS) is 9.71. The molecule has 106 valence electrons. The molecule has 0 saturated heterocycles. The Morgan fingerprint density at radius 2 is 2.14 bits per heavy atom. The first kappa shape index (κ1) is 14.3. The third kappa shape index (κ3) is 3.48. The molecule has 1 N–H and O–H groups in total. The van der Waals surface area contributed by atoms with Crippen LogP contribution < -0.4 is 10.1 Å². The summed E-state index contributed by atoms with van der Waals surface area (Å²) in [5.41, 5.74) is 1.42. The zero-order valence-electron chi connectivity index (χ0n) is 11.4. The van der Waals surface area contributed by atoms with E-state index in [1.165, 1.54) is 12.1 Å². The fraction of sp³-hybridized carbons (Fsp3) is 0.133. The van der Waals surface area contributed by atoms with Gasteiger partial charge in [0.15, 0.2) is 0 Å². The maximum absolute atomic E-state index is 10.9. The van der Waals surface area contributed by atoms with Gasteiger partial charge in [-0.05, 0) is 29.8 Å². The van der Waals surface area contributed by atoms with E-state index in [4.69, 9.17) is 10.00 Å². The Morgan fingerprint density at radius 1 is 1.33 bits per heavy atom. The molecule has 0 amide bonds. The SMILES string of the molecule is COc1cccc(CNc2ccc(C#N)c([N+](=O)[O-])c2)c1. The highest BCUT2D eigenvalue weighted by Gasteiger charge is 2.13. The summed E-state index contributed by atoms with van der Waals surface area (Å²) >= 11 is 0. The third-order valence-corrected chi connectivity index (χ3v) is 2.95. The predicted molar refractivity (Wildman–Crippen MR) is 78.1 cm³/mol. The predicted octanol–water partition coefficient (Wildman–Crippen LogP) is 3.09. The number of benzene rings is 2. The molecule has 6 nitrogen and oxygen atoms in total. The topological polar surface area (TPSA) is 88.2 Å². The summed E-state index contributed by atoms with van der Waals surface area (Å²) in [6, 6.07) is 13.8. The Bertz CT molecular complexity index is 708. The molecule has 2 rings (SSSR count). The summed E-state index contributed by atoms with van der Waals surface area (Å²) in [7, 11) is 1.59. The van der Waals surface area contributed by atoms with Crippen LogP contribution in [0.25, 0.3) is 0 Å². The monoisotopic (exact) mass is 283 g/mol. The van der Waals surface area contributed by atoms with E-state index in [0.717, 1.165) is 11.3 Å². The van der Waals surface area contributed by atoms with Gasteiger partial charge in [-0.3, -0.25) is 10.1 Å². The molecule has 21 heavy (non-hydrogen) atoms. The average molecular weight is 283 g/mol. The average Bonchev–Trinajstić information content (AvgIpc) is 2.52. The van der Waals surface area contributed by atoms with E-state index in [9.17, 15) is 10.1 Å². The lowest BCUT2D eigenvalue weighted by molar-refractivity contribution is -0.385. The number of hydrogen-bond acceptors (Lipinski definition) is 5. The molecule has 0 unspecified atom stereocenters. The van der Waals surface area contributed by atoms with Crippen molar-refractivity contribution in [1.29, 1.82) is 5.26 Å². The minimum Gasteiger partial charge on any atom is -0.497 e. The van der Waals surface area contributed by atoms with Gasteiger partial charge in [0.25, 0.3) is 5.69 Å². The zero-order chi connectivity index (χ0) is 15.2. The van der Waals surface area contributed by atoms with Crippen molar-refractivity contribution in [3.8, 4) is 11.8 Å². The van der Waals surface area contributed by atoms with E-state index in [2.05, 4.69) is 5.32 Å². The lowest BCUT2D eigenvalue weighted by atomic mass is 10.1. The van der Waals surface area contributed by atoms with Gasteiger partial charge in [-0.15, -0.1) is 0 Å². The minimum atomic E-state index is -0.560. The quantitative estimate of drug-likeness (QED) is 0.673. The van der Waals surface area contributed by atoms with E-state index < -0.39 is 4.92 Å². The number of nitrogens with zero attached hydrogens (tertiary/aromatic N) is 2. The largest absolute Gasteiger partial charge is 0.497 e. The highest BCUT2D eigenvalue weighted by Crippen LogP contribution is 2.23. The molecule has 0 atom stereocenters. The van der Waals surface area contributed by atoms with Gasteiger partial charge in [0, 0.05) is 18.3 Å². The van der Waals surface area contributed by atoms with E-state index in [1.807, 2.05) is 30.3 Å². The lowest BCUT2D eigenvalue weighted by Crippen LogP contribution is -2.01. The standard InChI is InChI=1S/C15H13N3O3/c1-21-14-4-2-3-11(7-14)10-17-13-6-5-12(9-16)15(8-13)18(19)20/h2-8,17H,10H2,1H3. The first-order valence-corrected chi connectivity index (χ1v) is 6.19. The van der Waals surface area contributed by atoms with Crippen molar-refractivity contribution in [2.45, 2.75) is 6.54 Å². The molecule has 0 aliphatic rings. The maximum Gasteiger partial charge on any atom is 0.289 e. The van der Waals surface area contributed by atoms with Crippen LogP contribution in [-0.2, 0) is 6.54 Å². The summed E-state index contributed by atoms with van der Waals surface area (Å²) < 4.78 is 5.13. The highest BCUT2D eigenvalue weighted by atomic mass is 16.6. The summed E-state index contributed by atoms with van der Waals surface area (Å²) in [4.78, 5) is 10.3. The molecule has 2 aromatic rings. The van der Waals surface area contributed by atoms with Gasteiger partial charge in [-0.1, -0.05) is 12.1 Å². The smallest absolute Gasteiger partial charge is 0.289 e. The van der Waals surface area contributed by atoms with Gasteiger partial charge in [-0.2, -0.15) is 5.26 Å². The number of nitrogens with one attached hydrogen (secondary N) is 1. The Morgan fingerprint density at radius 3 is 2.81 bits per heavy atom. The summed E-state index contributed by atoms with van der Waals surface area (Å²) in [6.07, 6.45) is 0. The van der Waals surface area contributed by atoms with Crippen LogP contribution in [0.5, 0.6) is 5.75 Å². The summed E-state index contributed by atoms with van der Waals surface area (Å²) in [5.74, 6) is 0.750. The fourth-order valence-electron chi connectivity index (χ4n) is 1.87. The van der Waals surface area contributed by atoms with Crippen LogP contribution in [0, 0.1) is 21.4 Å². The van der Waals surface area contributed by atoms with Gasteiger partial charge in [0.05, 0.1) is 12.0 Å². The Hall–Kier alpha value is -3.07. The van der Waals surface area contributed by atoms with Crippen molar-refractivity contribution in [1.82, 2.24) is 0 Å². The van der Waals surface area contributed by atoms with Crippen LogP contribution in [0.15, 0.2) is 42.5 Å². The van der Waals surface area contributed by atoms with Gasteiger partial charge < -0.3 is 10.1 Å². The number of rotatable bonds is 5. The number of hydrogen-bond donors (Lipinski definition) is 1. The molecular weight excluding hydrogens is 270 g/mol. The van der Waals surface area contributed by atoms with Crippen molar-refractivity contribution >= 4 is 11.4 Å². The summed E-state index contributed by atoms with van der Waals surface area (Å²) in [5, 5.41) is 22.8. The van der Waals surface area contributed by atoms with Crippen LogP contribution in [0.1, 0.15) is 11.1 Å². The molecule has 0 aliphatic carbocycles. The Kier molecular flexibility index (Phi) is 4.36. The van der Waals surface area contributed by atoms with Gasteiger partial charge in [0.2, 0.25) is 0 Å². The molecule has 0 spiro atoms. The van der Waals surface area contributed by atoms with Gasteiger partial charge >= 0.3 is 0 Å². The number of anilines is 1. The Balaban J connectivity index is 2.15. The number of ether oxygens (including phenoxy) is 1. The molecule has 0 radical (unpaired) electrons. The van der Waals surface area contributed by atoms with Gasteiger partial charge in [-0.25, -0.2) is 0 Å². The second-order valence-electron chi connectivity index (χ2n) is 4.31. The van der Waals surface area contributed by atoms with Crippen molar-refractivity contribution < 1.29 is 9.66 Å². The van der Waals surface area contributed by atoms with Gasteiger partial charge in [0.1, 0.15) is 17.4 Å². The maximum atomic E-state index is 10.9. The molecule has 0 heterocycles. The number of methoxy groups -OCH3 is 1. The highest BCUT2D eigenvalue weighted by molar-refractivity contribution is 5.59. The van der Waals surface area contributed by atoms with Crippen LogP contribution in [-0.4, -0.2) is 12.0 Å². The molecular formula is C15H13N3O3. The van der Waals surface area contributed by atoms with Crippen LogP contribution >= 0.6 is 0 Å². The first-order valence-electron chi connectivity index (χ1n) is 6.19. The van der Waals surface area contributed by atoms with Crippen molar-refractivity contribution in [2.75, 3.05) is 12.4 Å². The first-order chi connectivity index (χ1) is 10.1. The fourth-order valence-corrected chi connectivity index (χ4v) is 1.87. The van der Waals surface area contributed by atoms with Crippen molar-refractivity contribution in [3.63, 3.8) is 0 Å². The van der Waals surface area contributed by atoms with E-state index >= 15 is 0 Å². The van der Waals surface area contributed by atoms with Crippen LogP contribution in [0.2, 0.25) is 0 Å². The molecule has 0 bridgehead atoms. The molecule has 0 fully saturated rings. The zero-order valence-corrected chi connectivity index (χ0v) is 11.4. The van der Waals surface area contributed by atoms with Crippen LogP contribution in [0.4, 0.5) is 11.4 Å². The second kappa shape index (κ2) is 6.39. The molecule has 0 saturated carbocycles. The second-order valence-corrected chi connectivity index (χ2v) is 4.31. The summed E-state index contributed by atoms with van der Waals surface area (Å²) in [6.45, 7) is 0.500. The lowest BCUT2D eigenvalue weighted by Gasteiger charge is -2.08. The van der Waals surface area contributed by atoms with Crippen molar-refractivity contribution in [3.05, 3.63) is 63.7 Å². The number of nitro groups is 1. The van der Waals surface area contributed by atoms with E-state index in [1.54, 1.807) is 13.2 Å². The Labute approximate surface area is 121 Å². The van der Waals surface area contributed by atoms with E-state index in [0.29, 0.717) is 12.2 Å². The molecule has 0 aliphatic heterocycles. The van der Waals surface area contributed by atoms with Crippen LogP contribution in [0.3, 0.4) is 0 Å². The molecule has 0 aromatic heterocycles. The minimum absolute atomic E-state index is 0.0481. The third-order valence-electron chi connectivity index (χ3n) is 2.95. The number of nitro benzene ring substituents is 1. The molecule has 2 aromatic carbocycles. The number of nitriles is 1. The molecule has 6 heteroatoms. The van der Waals surface area contributed by atoms with E-state index in [-0.39, 0.29) is 11.3 Å². The van der Waals surface area contributed by atoms with Crippen molar-refractivity contribution in [2.24, 2.45) is 0 Å².